The van der Waals surface area contributed by atoms with Gasteiger partial charge in [-0.15, -0.1) is 0 Å². The lowest BCUT2D eigenvalue weighted by molar-refractivity contribution is -0.384. The number of anilines is 1. The lowest BCUT2D eigenvalue weighted by Gasteiger charge is -2.22. The van der Waals surface area contributed by atoms with Gasteiger partial charge < -0.3 is 15.5 Å². The van der Waals surface area contributed by atoms with Crippen molar-refractivity contribution in [1.29, 1.82) is 0 Å². The maximum Gasteiger partial charge on any atom is 0.416 e. The van der Waals surface area contributed by atoms with Gasteiger partial charge >= 0.3 is 6.18 Å². The second-order valence-electron chi connectivity index (χ2n) is 5.46. The van der Waals surface area contributed by atoms with E-state index in [4.69, 9.17) is 0 Å². The van der Waals surface area contributed by atoms with Gasteiger partial charge in [-0.05, 0) is 36.8 Å². The number of phenolic OH excluding ortho intramolecular Hbond substituents is 1. The Morgan fingerprint density at radius 3 is 2.28 bits per heavy atom. The van der Waals surface area contributed by atoms with Crippen molar-refractivity contribution in [3.05, 3.63) is 63.7 Å². The Morgan fingerprint density at radius 2 is 1.76 bits per heavy atom. The van der Waals surface area contributed by atoms with Gasteiger partial charge in [-0.1, -0.05) is 12.1 Å². The van der Waals surface area contributed by atoms with E-state index in [0.717, 1.165) is 12.1 Å². The van der Waals surface area contributed by atoms with Crippen molar-refractivity contribution in [2.45, 2.75) is 25.2 Å². The molecule has 0 aliphatic heterocycles. The van der Waals surface area contributed by atoms with Crippen molar-refractivity contribution in [2.24, 2.45) is 0 Å². The summed E-state index contributed by atoms with van der Waals surface area (Å²) in [5, 5.41) is 33.2. The molecule has 25 heavy (non-hydrogen) atoms. The summed E-state index contributed by atoms with van der Waals surface area (Å²) in [4.78, 5) is 10.1. The highest BCUT2D eigenvalue weighted by Crippen LogP contribution is 2.35. The number of aliphatic hydroxyl groups is 1. The summed E-state index contributed by atoms with van der Waals surface area (Å²) >= 11 is 0. The summed E-state index contributed by atoms with van der Waals surface area (Å²) in [6.07, 6.45) is -5.79. The average Bonchev–Trinajstić information content (AvgIpc) is 2.54. The smallest absolute Gasteiger partial charge is 0.416 e. The molecule has 0 bridgehead atoms. The zero-order chi connectivity index (χ0) is 18.8. The number of hydrogen-bond acceptors (Lipinski definition) is 5. The molecule has 2 atom stereocenters. The first kappa shape index (κ1) is 18.5. The van der Waals surface area contributed by atoms with Crippen molar-refractivity contribution in [3.8, 4) is 5.75 Å². The van der Waals surface area contributed by atoms with Crippen LogP contribution in [0.25, 0.3) is 0 Å². The molecule has 0 spiro atoms. The van der Waals surface area contributed by atoms with E-state index in [1.165, 1.54) is 31.2 Å². The number of phenols is 1. The van der Waals surface area contributed by atoms with Gasteiger partial charge in [0.1, 0.15) is 11.4 Å². The van der Waals surface area contributed by atoms with E-state index in [0.29, 0.717) is 11.6 Å². The summed E-state index contributed by atoms with van der Waals surface area (Å²) in [6.45, 7) is 1.53. The molecule has 0 aromatic heterocycles. The second-order valence-corrected chi connectivity index (χ2v) is 5.46. The zero-order valence-corrected chi connectivity index (χ0v) is 13.0. The third-order valence-corrected chi connectivity index (χ3v) is 3.61. The molecule has 0 heterocycles. The quantitative estimate of drug-likeness (QED) is 0.559. The van der Waals surface area contributed by atoms with E-state index < -0.39 is 34.5 Å². The predicted octanol–water partition coefficient (Wildman–Crippen LogP) is 3.85. The number of nitro benzene ring substituents is 1. The van der Waals surface area contributed by atoms with Crippen LogP contribution in [0.2, 0.25) is 0 Å². The van der Waals surface area contributed by atoms with Crippen LogP contribution in [0.15, 0.2) is 42.5 Å². The fourth-order valence-electron chi connectivity index (χ4n) is 2.27. The van der Waals surface area contributed by atoms with Crippen LogP contribution >= 0.6 is 0 Å². The number of aliphatic hydroxyl groups excluding tert-OH is 1. The first-order valence-electron chi connectivity index (χ1n) is 7.18. The third kappa shape index (κ3) is 4.38. The van der Waals surface area contributed by atoms with Crippen molar-refractivity contribution in [2.75, 3.05) is 5.32 Å². The molecular formula is C16H15F3N2O4. The first-order chi connectivity index (χ1) is 11.6. The Labute approximate surface area is 140 Å². The largest absolute Gasteiger partial charge is 0.508 e. The van der Waals surface area contributed by atoms with Gasteiger partial charge in [0.05, 0.1) is 22.6 Å². The van der Waals surface area contributed by atoms with Crippen molar-refractivity contribution < 1.29 is 28.3 Å². The monoisotopic (exact) mass is 356 g/mol. The van der Waals surface area contributed by atoms with Crippen LogP contribution in [0.3, 0.4) is 0 Å². The number of nitro groups is 1. The number of rotatable bonds is 5. The highest BCUT2D eigenvalue weighted by atomic mass is 19.4. The Balaban J connectivity index is 2.26. The molecule has 0 saturated heterocycles. The standard InChI is InChI=1S/C16H15F3N2O4/c1-9(15(23)10-2-5-12(22)6-3-10)20-13-7-4-11(16(17,18)19)8-14(13)21(24)25/h2-9,15,20,22-23H,1H3/t9-,15-/m0/s1. The SMILES string of the molecule is C[C@H](Nc1ccc(C(F)(F)F)cc1[N+](=O)[O-])[C@H](O)c1ccc(O)cc1. The van der Waals surface area contributed by atoms with E-state index in [9.17, 15) is 33.5 Å². The number of alkyl halides is 3. The minimum absolute atomic E-state index is 0.00920. The highest BCUT2D eigenvalue weighted by Gasteiger charge is 2.33. The van der Waals surface area contributed by atoms with Crippen molar-refractivity contribution >= 4 is 11.4 Å². The van der Waals surface area contributed by atoms with E-state index in [-0.39, 0.29) is 11.4 Å². The molecule has 0 radical (unpaired) electrons. The molecule has 6 nitrogen and oxygen atoms in total. The molecule has 0 aliphatic carbocycles. The van der Waals surface area contributed by atoms with Gasteiger partial charge in [-0.3, -0.25) is 10.1 Å². The molecule has 0 unspecified atom stereocenters. The van der Waals surface area contributed by atoms with Crippen molar-refractivity contribution in [3.63, 3.8) is 0 Å². The number of nitrogens with zero attached hydrogens (tertiary/aromatic N) is 1. The maximum atomic E-state index is 12.7. The summed E-state index contributed by atoms with van der Waals surface area (Å²) < 4.78 is 38.1. The molecule has 0 amide bonds. The van der Waals surface area contributed by atoms with E-state index in [2.05, 4.69) is 5.32 Å². The predicted molar refractivity (Wildman–Crippen MR) is 84.2 cm³/mol. The molecule has 2 aromatic rings. The Hall–Kier alpha value is -2.81. The normalized spacial score (nSPS) is 14.0. The average molecular weight is 356 g/mol. The van der Waals surface area contributed by atoms with E-state index >= 15 is 0 Å². The summed E-state index contributed by atoms with van der Waals surface area (Å²) in [5.74, 6) is 0.00920. The van der Waals surface area contributed by atoms with E-state index in [1.807, 2.05) is 0 Å². The summed E-state index contributed by atoms with van der Waals surface area (Å²) in [7, 11) is 0. The molecule has 2 aromatic carbocycles. The number of aromatic hydroxyl groups is 1. The van der Waals surface area contributed by atoms with Gasteiger partial charge in [0.2, 0.25) is 0 Å². The molecule has 3 N–H and O–H groups in total. The molecule has 0 aliphatic rings. The Kier molecular flexibility index (Phi) is 5.17. The van der Waals surface area contributed by atoms with Crippen LogP contribution in [-0.2, 0) is 6.18 Å². The third-order valence-electron chi connectivity index (χ3n) is 3.61. The molecule has 2 rings (SSSR count). The number of halogens is 3. The van der Waals surface area contributed by atoms with Gasteiger partial charge in [-0.25, -0.2) is 0 Å². The van der Waals surface area contributed by atoms with Crippen LogP contribution in [0.1, 0.15) is 24.2 Å². The molecule has 134 valence electrons. The molecule has 0 saturated carbocycles. The molecule has 9 heteroatoms. The molecule has 0 fully saturated rings. The second kappa shape index (κ2) is 6.98. The van der Waals surface area contributed by atoms with Crippen LogP contribution in [0.4, 0.5) is 24.5 Å². The van der Waals surface area contributed by atoms with E-state index in [1.54, 1.807) is 0 Å². The van der Waals surface area contributed by atoms with Crippen LogP contribution in [-0.4, -0.2) is 21.2 Å². The summed E-state index contributed by atoms with van der Waals surface area (Å²) in [6, 6.07) is 7.08. The Bertz CT molecular complexity index is 763. The van der Waals surface area contributed by atoms with Gasteiger partial charge in [0, 0.05) is 6.07 Å². The van der Waals surface area contributed by atoms with Gasteiger partial charge in [0.15, 0.2) is 0 Å². The van der Waals surface area contributed by atoms with Crippen LogP contribution in [0, 0.1) is 10.1 Å². The Morgan fingerprint density at radius 1 is 1.16 bits per heavy atom. The van der Waals surface area contributed by atoms with Gasteiger partial charge in [-0.2, -0.15) is 13.2 Å². The van der Waals surface area contributed by atoms with Crippen LogP contribution in [0.5, 0.6) is 5.75 Å². The topological polar surface area (TPSA) is 95.6 Å². The number of benzene rings is 2. The fourth-order valence-corrected chi connectivity index (χ4v) is 2.27. The minimum atomic E-state index is -4.69. The molecular weight excluding hydrogens is 341 g/mol. The van der Waals surface area contributed by atoms with Crippen molar-refractivity contribution in [1.82, 2.24) is 0 Å². The lowest BCUT2D eigenvalue weighted by Crippen LogP contribution is -2.24. The van der Waals surface area contributed by atoms with Gasteiger partial charge in [0.25, 0.3) is 5.69 Å². The lowest BCUT2D eigenvalue weighted by atomic mass is 10.0. The summed E-state index contributed by atoms with van der Waals surface area (Å²) in [5.41, 5.74) is -1.56. The first-order valence-corrected chi connectivity index (χ1v) is 7.18. The number of nitrogens with one attached hydrogen (secondary N) is 1. The fraction of sp³-hybridized carbons (Fsp3) is 0.250. The number of hydrogen-bond donors (Lipinski definition) is 3. The highest BCUT2D eigenvalue weighted by molar-refractivity contribution is 5.63. The van der Waals surface area contributed by atoms with Crippen LogP contribution < -0.4 is 5.32 Å². The maximum absolute atomic E-state index is 12.7. The minimum Gasteiger partial charge on any atom is -0.508 e. The zero-order valence-electron chi connectivity index (χ0n) is 13.0.